The molecule has 16 heteroatoms. The van der Waals surface area contributed by atoms with E-state index in [-0.39, 0.29) is 104 Å². The highest BCUT2D eigenvalue weighted by atomic mass is 16.7. The Labute approximate surface area is 492 Å². The summed E-state index contributed by atoms with van der Waals surface area (Å²) in [6.07, 6.45) is 20.9. The highest BCUT2D eigenvalue weighted by molar-refractivity contribution is 5.87. The maximum atomic E-state index is 14.7. The molecule has 0 spiro atoms. The average Bonchev–Trinajstić information content (AvgIpc) is 4.26. The van der Waals surface area contributed by atoms with Crippen molar-refractivity contribution in [3.05, 3.63) is 60.8 Å². The molecule has 83 heavy (non-hydrogen) atoms. The molecule has 0 aromatic carbocycles. The van der Waals surface area contributed by atoms with Crippen LogP contribution in [0.25, 0.3) is 0 Å². The molecule has 1 saturated heterocycles. The van der Waals surface area contributed by atoms with Gasteiger partial charge in [0.25, 0.3) is 0 Å². The van der Waals surface area contributed by atoms with Gasteiger partial charge in [0.15, 0.2) is 18.3 Å². The van der Waals surface area contributed by atoms with Crippen LogP contribution in [0.3, 0.4) is 0 Å². The van der Waals surface area contributed by atoms with Crippen LogP contribution in [0.4, 0.5) is 0 Å². The number of carbonyl (C=O) groups is 10. The van der Waals surface area contributed by atoms with E-state index >= 15 is 0 Å². The Hall–Kier alpha value is -5.64. The molecule has 0 amide bonds. The number of ketones is 5. The Morgan fingerprint density at radius 3 is 0.819 bits per heavy atom. The van der Waals surface area contributed by atoms with Crippen LogP contribution in [0.5, 0.6) is 0 Å². The first-order valence-electron chi connectivity index (χ1n) is 31.5. The van der Waals surface area contributed by atoms with Crippen LogP contribution in [-0.4, -0.2) is 102 Å². The smallest absolute Gasteiger partial charge is 0.306 e. The van der Waals surface area contributed by atoms with E-state index < -0.39 is 109 Å². The highest BCUT2D eigenvalue weighted by Crippen LogP contribution is 2.41. The molecule has 0 aromatic heterocycles. The molecule has 0 radical (unpaired) electrons. The second kappa shape index (κ2) is 34.3. The van der Waals surface area contributed by atoms with Crippen molar-refractivity contribution in [1.82, 2.24) is 0 Å². The summed E-state index contributed by atoms with van der Waals surface area (Å²) in [5, 5.41) is 0. The second-order valence-corrected chi connectivity index (χ2v) is 23.9. The van der Waals surface area contributed by atoms with Crippen molar-refractivity contribution in [2.45, 2.75) is 226 Å². The van der Waals surface area contributed by atoms with Gasteiger partial charge in [-0.1, -0.05) is 95.4 Å². The third kappa shape index (κ3) is 19.7. The molecule has 6 aliphatic rings. The number of Topliss-reactive ketones (excluding diaryl/α,β-unsaturated/α-hetero) is 5. The van der Waals surface area contributed by atoms with E-state index in [1.165, 1.54) is 0 Å². The fourth-order valence-corrected chi connectivity index (χ4v) is 13.6. The monoisotopic (exact) mass is 1150 g/mol. The number of rotatable bonds is 32. The number of hydrogen-bond acceptors (Lipinski definition) is 16. The quantitative estimate of drug-likeness (QED) is 0.0347. The largest absolute Gasteiger partial charge is 0.463 e. The Balaban J connectivity index is 1.37. The van der Waals surface area contributed by atoms with Crippen molar-refractivity contribution in [2.75, 3.05) is 13.2 Å². The minimum atomic E-state index is -1.67. The molecule has 0 N–H and O–H groups in total. The molecule has 1 heterocycles. The summed E-state index contributed by atoms with van der Waals surface area (Å²) in [5.74, 6) is -7.29. The highest BCUT2D eigenvalue weighted by Gasteiger charge is 2.54. The predicted molar refractivity (Wildman–Crippen MR) is 310 cm³/mol. The lowest BCUT2D eigenvalue weighted by molar-refractivity contribution is -0.260. The number of allylic oxidation sites excluding steroid dienone is 10. The van der Waals surface area contributed by atoms with E-state index in [9.17, 15) is 47.9 Å². The third-order valence-corrected chi connectivity index (χ3v) is 18.2. The molecule has 14 unspecified atom stereocenters. The molecule has 0 aromatic rings. The van der Waals surface area contributed by atoms with E-state index in [4.69, 9.17) is 28.4 Å². The maximum Gasteiger partial charge on any atom is 0.306 e. The molecule has 16 nitrogen and oxygen atoms in total. The van der Waals surface area contributed by atoms with Gasteiger partial charge in [0.05, 0.1) is 0 Å². The van der Waals surface area contributed by atoms with Gasteiger partial charge in [-0.3, -0.25) is 47.9 Å². The van der Waals surface area contributed by atoms with Crippen molar-refractivity contribution in [3.8, 4) is 0 Å². The summed E-state index contributed by atoms with van der Waals surface area (Å²) in [6, 6.07) is 0. The first-order valence-corrected chi connectivity index (χ1v) is 31.5. The van der Waals surface area contributed by atoms with Crippen LogP contribution in [0.15, 0.2) is 60.8 Å². The first kappa shape index (κ1) is 66.5. The summed E-state index contributed by atoms with van der Waals surface area (Å²) in [6.45, 7) is 8.81. The summed E-state index contributed by atoms with van der Waals surface area (Å²) >= 11 is 0. The van der Waals surface area contributed by atoms with E-state index in [1.54, 1.807) is 0 Å². The van der Waals surface area contributed by atoms with Gasteiger partial charge in [0, 0.05) is 93.8 Å². The van der Waals surface area contributed by atoms with Gasteiger partial charge in [-0.25, -0.2) is 0 Å². The van der Waals surface area contributed by atoms with Gasteiger partial charge in [-0.2, -0.15) is 0 Å². The summed E-state index contributed by atoms with van der Waals surface area (Å²) in [4.78, 5) is 138. The lowest BCUT2D eigenvalue weighted by atomic mass is 9.88. The van der Waals surface area contributed by atoms with Gasteiger partial charge in [0.2, 0.25) is 0 Å². The first-order chi connectivity index (χ1) is 40.1. The molecule has 5 aliphatic carbocycles. The molecule has 14 atom stereocenters. The minimum Gasteiger partial charge on any atom is -0.463 e. The van der Waals surface area contributed by atoms with E-state index in [0.717, 1.165) is 32.1 Å². The Morgan fingerprint density at radius 1 is 0.349 bits per heavy atom. The lowest BCUT2D eigenvalue weighted by Gasteiger charge is -2.44. The molecule has 458 valence electrons. The maximum absolute atomic E-state index is 14.7. The fraction of sp³-hybridized carbons (Fsp3) is 0.701. The van der Waals surface area contributed by atoms with Crippen molar-refractivity contribution in [3.63, 3.8) is 0 Å². The molecule has 1 aliphatic heterocycles. The van der Waals surface area contributed by atoms with Crippen molar-refractivity contribution in [2.24, 2.45) is 59.2 Å². The van der Waals surface area contributed by atoms with Gasteiger partial charge < -0.3 is 28.4 Å². The predicted octanol–water partition coefficient (Wildman–Crippen LogP) is 11.3. The van der Waals surface area contributed by atoms with Gasteiger partial charge in [0.1, 0.15) is 54.3 Å². The average molecular weight is 1160 g/mol. The van der Waals surface area contributed by atoms with E-state index in [0.29, 0.717) is 77.0 Å². The molecular weight excluding hydrogens is 1060 g/mol. The van der Waals surface area contributed by atoms with Crippen LogP contribution in [0.2, 0.25) is 0 Å². The van der Waals surface area contributed by atoms with E-state index in [1.807, 2.05) is 95.4 Å². The number of hydrogen-bond donors (Lipinski definition) is 0. The molecule has 6 fully saturated rings. The Morgan fingerprint density at radius 2 is 0.578 bits per heavy atom. The van der Waals surface area contributed by atoms with Crippen LogP contribution < -0.4 is 0 Å². The molecule has 0 bridgehead atoms. The van der Waals surface area contributed by atoms with Crippen LogP contribution in [0.1, 0.15) is 195 Å². The molecule has 6 rings (SSSR count). The van der Waals surface area contributed by atoms with E-state index in [2.05, 4.69) is 0 Å². The second-order valence-electron chi connectivity index (χ2n) is 23.9. The number of ether oxygens (including phenoxy) is 6. The van der Waals surface area contributed by atoms with Gasteiger partial charge in [-0.15, -0.1) is 0 Å². The van der Waals surface area contributed by atoms with Crippen molar-refractivity contribution >= 4 is 58.8 Å². The Bertz CT molecular complexity index is 2260. The fourth-order valence-electron chi connectivity index (χ4n) is 13.6. The van der Waals surface area contributed by atoms with Crippen molar-refractivity contribution in [1.29, 1.82) is 0 Å². The Kier molecular flexibility index (Phi) is 27.5. The summed E-state index contributed by atoms with van der Waals surface area (Å²) < 4.78 is 38.0. The minimum absolute atomic E-state index is 0.0242. The normalized spacial score (nSPS) is 31.2. The summed E-state index contributed by atoms with van der Waals surface area (Å²) in [5.41, 5.74) is 0. The summed E-state index contributed by atoms with van der Waals surface area (Å²) in [7, 11) is 0. The van der Waals surface area contributed by atoms with Gasteiger partial charge >= 0.3 is 29.8 Å². The number of esters is 5. The SMILES string of the molecule is CC/C=C\CC1C(=O)CCC1CC(=O)OCC1OC(COC(=O)CC2CCC(=O)C2C/C=C\CC)C(OC(=O)CC2CCC(=O)C2C/C=C\CC)C(OC(=O)CC2CCC(=O)C2C/C=C\CC)C1OC(=O)CC1CCC(=O)C1C/C=C\CC. The van der Waals surface area contributed by atoms with Crippen LogP contribution in [-0.2, 0) is 76.4 Å². The zero-order valence-electron chi connectivity index (χ0n) is 50.1. The van der Waals surface area contributed by atoms with Gasteiger partial charge in [-0.05, 0) is 126 Å². The standard InChI is InChI=1S/C67H94O16/c1-6-11-16-21-48-43(26-31-53(48)68)36-60(73)78-41-58-65(81-62(75)38-45-28-33-55(70)50(45)23-18-13-8-3)67(83-64(77)40-47-30-35-57(72)52(47)25-20-15-10-5)66(82-63(76)39-46-29-34-56(71)51(46)24-19-14-9-4)59(80-58)42-79-61(74)37-44-27-32-54(69)49(44)22-17-12-7-2/h11-20,43-52,58-59,65-67H,6-10,21-42H2,1-5H3/b16-11-,17-12-,18-13-,19-14-,20-15-. The van der Waals surface area contributed by atoms with Crippen LogP contribution in [0, 0.1) is 59.2 Å². The lowest BCUT2D eigenvalue weighted by Crippen LogP contribution is -2.63. The zero-order valence-corrected chi connectivity index (χ0v) is 50.1. The zero-order chi connectivity index (χ0) is 59.8. The molecular formula is C67H94O16. The topological polar surface area (TPSA) is 226 Å². The number of carbonyl (C=O) groups excluding carboxylic acids is 10. The molecule has 5 saturated carbocycles. The third-order valence-electron chi connectivity index (χ3n) is 18.2. The van der Waals surface area contributed by atoms with Crippen molar-refractivity contribution < 1.29 is 76.4 Å². The van der Waals surface area contributed by atoms with Crippen LogP contribution >= 0.6 is 0 Å².